The van der Waals surface area contributed by atoms with Crippen LogP contribution in [-0.4, -0.2) is 17.9 Å². The van der Waals surface area contributed by atoms with E-state index in [-0.39, 0.29) is 5.91 Å². The summed E-state index contributed by atoms with van der Waals surface area (Å²) in [6.45, 7) is 2.00. The molecule has 1 heterocycles. The topological polar surface area (TPSA) is 44.9 Å². The molecule has 0 fully saturated rings. The largest absolute Gasteiger partial charge is 0.359 e. The lowest BCUT2D eigenvalue weighted by atomic mass is 10.1. The van der Waals surface area contributed by atoms with Gasteiger partial charge < -0.3 is 10.3 Å². The van der Waals surface area contributed by atoms with Crippen LogP contribution in [0.4, 0.5) is 0 Å². The zero-order valence-electron chi connectivity index (χ0n) is 8.22. The van der Waals surface area contributed by atoms with E-state index < -0.39 is 0 Å². The number of hydrogen-bond donors (Lipinski definition) is 2. The van der Waals surface area contributed by atoms with Gasteiger partial charge in [-0.25, -0.2) is 0 Å². The number of aromatic amines is 1. The average Bonchev–Trinajstić information content (AvgIpc) is 2.55. The van der Waals surface area contributed by atoms with Crippen molar-refractivity contribution < 1.29 is 4.79 Å². The van der Waals surface area contributed by atoms with E-state index in [0.29, 0.717) is 5.56 Å². The zero-order valence-corrected chi connectivity index (χ0v) is 8.22. The molecule has 1 aromatic carbocycles. The van der Waals surface area contributed by atoms with E-state index in [4.69, 9.17) is 0 Å². The summed E-state index contributed by atoms with van der Waals surface area (Å²) in [7, 11) is 1.63. The lowest BCUT2D eigenvalue weighted by Crippen LogP contribution is -2.17. The van der Waals surface area contributed by atoms with E-state index in [1.807, 2.05) is 31.2 Å². The Hall–Kier alpha value is -1.77. The summed E-state index contributed by atoms with van der Waals surface area (Å²) in [5.74, 6) is -0.0502. The minimum Gasteiger partial charge on any atom is -0.359 e. The fraction of sp³-hybridized carbons (Fsp3) is 0.182. The van der Waals surface area contributed by atoms with E-state index in [9.17, 15) is 4.79 Å². The Labute approximate surface area is 82.1 Å². The monoisotopic (exact) mass is 188 g/mol. The highest BCUT2D eigenvalue weighted by Crippen LogP contribution is 2.16. The van der Waals surface area contributed by atoms with Crippen LogP contribution in [0.5, 0.6) is 0 Å². The number of hydrogen-bond acceptors (Lipinski definition) is 1. The van der Waals surface area contributed by atoms with Crippen molar-refractivity contribution >= 4 is 16.8 Å². The second-order valence-corrected chi connectivity index (χ2v) is 3.33. The van der Waals surface area contributed by atoms with Gasteiger partial charge in [0.25, 0.3) is 5.91 Å². The number of carbonyl (C=O) groups excluding carboxylic acids is 1. The fourth-order valence-corrected chi connectivity index (χ4v) is 1.56. The van der Waals surface area contributed by atoms with Crippen molar-refractivity contribution in [3.05, 3.63) is 35.5 Å². The third-order valence-electron chi connectivity index (χ3n) is 2.24. The van der Waals surface area contributed by atoms with Crippen molar-refractivity contribution in [3.63, 3.8) is 0 Å². The molecule has 0 saturated carbocycles. The molecule has 0 atom stereocenters. The molecule has 72 valence electrons. The summed E-state index contributed by atoms with van der Waals surface area (Å²) in [4.78, 5) is 14.6. The molecule has 0 saturated heterocycles. The number of carbonyl (C=O) groups is 1. The minimum atomic E-state index is -0.0502. The van der Waals surface area contributed by atoms with Gasteiger partial charge in [-0.2, -0.15) is 0 Å². The Kier molecular flexibility index (Phi) is 2.00. The molecule has 0 aliphatic carbocycles. The lowest BCUT2D eigenvalue weighted by molar-refractivity contribution is 0.0963. The summed E-state index contributed by atoms with van der Waals surface area (Å²) in [6.07, 6.45) is 0. The van der Waals surface area contributed by atoms with Crippen LogP contribution in [0.25, 0.3) is 10.9 Å². The van der Waals surface area contributed by atoms with Crippen LogP contribution in [0, 0.1) is 6.92 Å². The van der Waals surface area contributed by atoms with Crippen molar-refractivity contribution in [1.82, 2.24) is 10.3 Å². The number of aryl methyl sites for hydroxylation is 1. The predicted molar refractivity (Wildman–Crippen MR) is 56.4 cm³/mol. The molecule has 0 aliphatic heterocycles. The number of nitrogens with one attached hydrogen (secondary N) is 2. The number of fused-ring (bicyclic) bond motifs is 1. The van der Waals surface area contributed by atoms with Crippen molar-refractivity contribution in [1.29, 1.82) is 0 Å². The van der Waals surface area contributed by atoms with Crippen LogP contribution in [-0.2, 0) is 0 Å². The van der Waals surface area contributed by atoms with E-state index in [1.54, 1.807) is 7.05 Å². The first-order valence-corrected chi connectivity index (χ1v) is 4.52. The molecule has 1 aromatic heterocycles. The molecule has 0 unspecified atom stereocenters. The summed E-state index contributed by atoms with van der Waals surface area (Å²) < 4.78 is 0. The fourth-order valence-electron chi connectivity index (χ4n) is 1.56. The van der Waals surface area contributed by atoms with Crippen LogP contribution < -0.4 is 5.32 Å². The number of amides is 1. The van der Waals surface area contributed by atoms with E-state index >= 15 is 0 Å². The Morgan fingerprint density at radius 1 is 1.36 bits per heavy atom. The first-order valence-electron chi connectivity index (χ1n) is 4.52. The molecule has 2 rings (SSSR count). The van der Waals surface area contributed by atoms with Gasteiger partial charge in [0.1, 0.15) is 0 Å². The SMILES string of the molecule is CNC(=O)c1ccc2[nH]c(C)cc2c1. The summed E-state index contributed by atoms with van der Waals surface area (Å²) >= 11 is 0. The maximum atomic E-state index is 11.3. The number of H-pyrrole nitrogens is 1. The zero-order chi connectivity index (χ0) is 10.1. The molecule has 2 aromatic rings. The minimum absolute atomic E-state index is 0.0502. The molecule has 3 heteroatoms. The lowest BCUT2D eigenvalue weighted by Gasteiger charge is -1.98. The molecule has 0 bridgehead atoms. The van der Waals surface area contributed by atoms with Gasteiger partial charge >= 0.3 is 0 Å². The molecule has 14 heavy (non-hydrogen) atoms. The van der Waals surface area contributed by atoms with E-state index in [1.165, 1.54) is 0 Å². The maximum absolute atomic E-state index is 11.3. The molecular formula is C11H12N2O. The Bertz CT molecular complexity index is 485. The van der Waals surface area contributed by atoms with Gasteiger partial charge in [-0.1, -0.05) is 0 Å². The highest BCUT2D eigenvalue weighted by molar-refractivity contribution is 5.98. The first kappa shape index (κ1) is 8.81. The summed E-state index contributed by atoms with van der Waals surface area (Å²) in [6, 6.07) is 7.66. The van der Waals surface area contributed by atoms with Gasteiger partial charge in [-0.3, -0.25) is 4.79 Å². The van der Waals surface area contributed by atoms with Crippen molar-refractivity contribution in [2.24, 2.45) is 0 Å². The molecule has 3 nitrogen and oxygen atoms in total. The molecule has 0 radical (unpaired) electrons. The van der Waals surface area contributed by atoms with Crippen LogP contribution in [0.3, 0.4) is 0 Å². The second kappa shape index (κ2) is 3.18. The molecule has 1 amide bonds. The quantitative estimate of drug-likeness (QED) is 0.704. The summed E-state index contributed by atoms with van der Waals surface area (Å²) in [5, 5.41) is 3.68. The van der Waals surface area contributed by atoms with Gasteiger partial charge in [-0.15, -0.1) is 0 Å². The highest BCUT2D eigenvalue weighted by Gasteiger charge is 2.04. The molecular weight excluding hydrogens is 176 g/mol. The number of benzene rings is 1. The van der Waals surface area contributed by atoms with Gasteiger partial charge in [0.2, 0.25) is 0 Å². The third kappa shape index (κ3) is 1.37. The van der Waals surface area contributed by atoms with Crippen LogP contribution in [0.2, 0.25) is 0 Å². The van der Waals surface area contributed by atoms with Gasteiger partial charge in [0, 0.05) is 29.2 Å². The number of rotatable bonds is 1. The van der Waals surface area contributed by atoms with Crippen LogP contribution >= 0.6 is 0 Å². The van der Waals surface area contributed by atoms with Gasteiger partial charge in [0.15, 0.2) is 0 Å². The van der Waals surface area contributed by atoms with E-state index in [2.05, 4.69) is 10.3 Å². The summed E-state index contributed by atoms with van der Waals surface area (Å²) in [5.41, 5.74) is 2.86. The first-order chi connectivity index (χ1) is 6.70. The molecule has 2 N–H and O–H groups in total. The molecule has 0 spiro atoms. The second-order valence-electron chi connectivity index (χ2n) is 3.33. The average molecular weight is 188 g/mol. The molecule has 0 aliphatic rings. The Morgan fingerprint density at radius 3 is 2.86 bits per heavy atom. The van der Waals surface area contributed by atoms with Crippen LogP contribution in [0.15, 0.2) is 24.3 Å². The van der Waals surface area contributed by atoms with Crippen molar-refractivity contribution in [3.8, 4) is 0 Å². The van der Waals surface area contributed by atoms with E-state index in [0.717, 1.165) is 16.6 Å². The maximum Gasteiger partial charge on any atom is 0.251 e. The Morgan fingerprint density at radius 2 is 2.14 bits per heavy atom. The third-order valence-corrected chi connectivity index (χ3v) is 2.24. The normalized spacial score (nSPS) is 10.4. The smallest absolute Gasteiger partial charge is 0.251 e. The number of aromatic nitrogens is 1. The van der Waals surface area contributed by atoms with Crippen molar-refractivity contribution in [2.75, 3.05) is 7.05 Å². The van der Waals surface area contributed by atoms with Gasteiger partial charge in [0.05, 0.1) is 0 Å². The standard InChI is InChI=1S/C11H12N2O/c1-7-5-9-6-8(11(14)12-2)3-4-10(9)13-7/h3-6,13H,1-2H3,(H,12,14). The van der Waals surface area contributed by atoms with Gasteiger partial charge in [-0.05, 0) is 31.2 Å². The Balaban J connectivity index is 2.55. The predicted octanol–water partition coefficient (Wildman–Crippen LogP) is 1.84. The van der Waals surface area contributed by atoms with Crippen LogP contribution in [0.1, 0.15) is 16.1 Å². The van der Waals surface area contributed by atoms with Crippen molar-refractivity contribution in [2.45, 2.75) is 6.92 Å². The highest BCUT2D eigenvalue weighted by atomic mass is 16.1.